The number of H-pyrrole nitrogens is 1. The average molecular weight is 308 g/mol. The zero-order chi connectivity index (χ0) is 16.2. The van der Waals surface area contributed by atoms with Crippen molar-refractivity contribution in [2.24, 2.45) is 0 Å². The molecule has 5 heteroatoms. The van der Waals surface area contributed by atoms with E-state index in [-0.39, 0.29) is 0 Å². The van der Waals surface area contributed by atoms with E-state index < -0.39 is 5.97 Å². The maximum atomic E-state index is 11.8. The first-order chi connectivity index (χ1) is 11.2. The van der Waals surface area contributed by atoms with E-state index in [1.165, 1.54) is 7.11 Å². The summed E-state index contributed by atoms with van der Waals surface area (Å²) >= 11 is 0. The van der Waals surface area contributed by atoms with E-state index in [1.54, 1.807) is 19.2 Å². The fourth-order valence-corrected chi connectivity index (χ4v) is 2.33. The van der Waals surface area contributed by atoms with Crippen LogP contribution < -0.4 is 4.74 Å². The molecule has 116 valence electrons. The third kappa shape index (κ3) is 3.08. The van der Waals surface area contributed by atoms with Gasteiger partial charge in [-0.2, -0.15) is 0 Å². The third-order valence-electron chi connectivity index (χ3n) is 3.46. The molecule has 0 aliphatic heterocycles. The molecular weight excluding hydrogens is 292 g/mol. The fraction of sp³-hybridized carbons (Fsp3) is 0.111. The normalized spacial score (nSPS) is 11.0. The number of esters is 1. The lowest BCUT2D eigenvalue weighted by molar-refractivity contribution is 0.0603. The highest BCUT2D eigenvalue weighted by Gasteiger charge is 2.12. The van der Waals surface area contributed by atoms with Crippen LogP contribution >= 0.6 is 0 Å². The number of methoxy groups -OCH3 is 2. The Morgan fingerprint density at radius 3 is 2.74 bits per heavy atom. The maximum absolute atomic E-state index is 11.8. The zero-order valence-corrected chi connectivity index (χ0v) is 12.9. The van der Waals surface area contributed by atoms with Crippen molar-refractivity contribution in [3.63, 3.8) is 0 Å². The Labute approximate surface area is 133 Å². The number of ether oxygens (including phenoxy) is 2. The summed E-state index contributed by atoms with van der Waals surface area (Å²) in [5, 5.41) is 0. The highest BCUT2D eigenvalue weighted by Crippen LogP contribution is 2.19. The van der Waals surface area contributed by atoms with Gasteiger partial charge in [-0.15, -0.1) is 0 Å². The van der Waals surface area contributed by atoms with Gasteiger partial charge in [-0.1, -0.05) is 24.3 Å². The molecule has 3 aromatic rings. The Morgan fingerprint density at radius 2 is 1.96 bits per heavy atom. The van der Waals surface area contributed by atoms with Gasteiger partial charge in [0.2, 0.25) is 0 Å². The molecule has 1 N–H and O–H groups in total. The molecule has 0 fully saturated rings. The van der Waals surface area contributed by atoms with Gasteiger partial charge in [0.1, 0.15) is 17.1 Å². The van der Waals surface area contributed by atoms with Gasteiger partial charge in [0.05, 0.1) is 25.3 Å². The monoisotopic (exact) mass is 308 g/mol. The standard InChI is InChI=1S/C18H16N2O3/c1-22-13-6-3-5-12(11-13)9-10-16-19-15-8-4-7-14(17(15)20-16)18(21)23-2/h3-11H,1-2H3,(H,19,20). The van der Waals surface area contributed by atoms with Crippen LogP contribution in [0.15, 0.2) is 42.5 Å². The predicted molar refractivity (Wildman–Crippen MR) is 89.4 cm³/mol. The van der Waals surface area contributed by atoms with E-state index in [1.807, 2.05) is 42.5 Å². The number of imidazole rings is 1. The minimum absolute atomic E-state index is 0.398. The Kier molecular flexibility index (Phi) is 4.10. The van der Waals surface area contributed by atoms with Gasteiger partial charge in [-0.05, 0) is 35.9 Å². The lowest BCUT2D eigenvalue weighted by Gasteiger charge is -1.99. The van der Waals surface area contributed by atoms with E-state index >= 15 is 0 Å². The van der Waals surface area contributed by atoms with E-state index in [9.17, 15) is 4.79 Å². The van der Waals surface area contributed by atoms with Gasteiger partial charge >= 0.3 is 5.97 Å². The molecule has 0 spiro atoms. The summed E-state index contributed by atoms with van der Waals surface area (Å²) in [6.07, 6.45) is 3.79. The second kappa shape index (κ2) is 6.36. The smallest absolute Gasteiger partial charge is 0.340 e. The van der Waals surface area contributed by atoms with Crippen molar-refractivity contribution in [3.05, 3.63) is 59.4 Å². The van der Waals surface area contributed by atoms with Crippen molar-refractivity contribution in [2.45, 2.75) is 0 Å². The molecule has 23 heavy (non-hydrogen) atoms. The molecule has 0 aliphatic carbocycles. The molecule has 0 unspecified atom stereocenters. The highest BCUT2D eigenvalue weighted by molar-refractivity contribution is 6.02. The van der Waals surface area contributed by atoms with Crippen LogP contribution in [-0.4, -0.2) is 30.2 Å². The first kappa shape index (κ1) is 14.8. The van der Waals surface area contributed by atoms with Crippen molar-refractivity contribution in [2.75, 3.05) is 14.2 Å². The first-order valence-corrected chi connectivity index (χ1v) is 7.10. The van der Waals surface area contributed by atoms with Crippen LogP contribution in [0, 0.1) is 0 Å². The number of nitrogens with zero attached hydrogens (tertiary/aromatic N) is 1. The lowest BCUT2D eigenvalue weighted by atomic mass is 10.2. The summed E-state index contributed by atoms with van der Waals surface area (Å²) in [5.41, 5.74) is 2.84. The van der Waals surface area contributed by atoms with Crippen LogP contribution in [0.1, 0.15) is 21.7 Å². The number of aromatic nitrogens is 2. The van der Waals surface area contributed by atoms with E-state index in [2.05, 4.69) is 9.97 Å². The lowest BCUT2D eigenvalue weighted by Crippen LogP contribution is -2.01. The summed E-state index contributed by atoms with van der Waals surface area (Å²) in [7, 11) is 2.99. The molecule has 3 rings (SSSR count). The molecule has 2 aromatic carbocycles. The topological polar surface area (TPSA) is 64.2 Å². The molecule has 1 heterocycles. The number of hydrogen-bond donors (Lipinski definition) is 1. The summed E-state index contributed by atoms with van der Waals surface area (Å²) in [4.78, 5) is 19.4. The molecular formula is C18H16N2O3. The van der Waals surface area contributed by atoms with Gasteiger partial charge in [-0.3, -0.25) is 0 Å². The van der Waals surface area contributed by atoms with Crippen molar-refractivity contribution in [1.29, 1.82) is 0 Å². The Morgan fingerprint density at radius 1 is 1.13 bits per heavy atom. The van der Waals surface area contributed by atoms with E-state index in [0.29, 0.717) is 16.9 Å². The number of carbonyl (C=O) groups excluding carboxylic acids is 1. The van der Waals surface area contributed by atoms with Gasteiger partial charge in [-0.25, -0.2) is 9.78 Å². The van der Waals surface area contributed by atoms with Crippen molar-refractivity contribution < 1.29 is 14.3 Å². The second-order valence-electron chi connectivity index (χ2n) is 4.93. The fourth-order valence-electron chi connectivity index (χ4n) is 2.33. The largest absolute Gasteiger partial charge is 0.497 e. The van der Waals surface area contributed by atoms with Gasteiger partial charge in [0.15, 0.2) is 0 Å². The van der Waals surface area contributed by atoms with E-state index in [4.69, 9.17) is 9.47 Å². The van der Waals surface area contributed by atoms with Gasteiger partial charge in [0, 0.05) is 0 Å². The third-order valence-corrected chi connectivity index (χ3v) is 3.46. The molecule has 0 saturated heterocycles. The number of fused-ring (bicyclic) bond motifs is 1. The number of nitrogens with one attached hydrogen (secondary N) is 1. The van der Waals surface area contributed by atoms with Gasteiger partial charge < -0.3 is 14.5 Å². The summed E-state index contributed by atoms with van der Waals surface area (Å²) in [6.45, 7) is 0. The number of rotatable bonds is 4. The minimum Gasteiger partial charge on any atom is -0.497 e. The molecule has 0 saturated carbocycles. The second-order valence-corrected chi connectivity index (χ2v) is 4.93. The Hall–Kier alpha value is -3.08. The molecule has 5 nitrogen and oxygen atoms in total. The Bertz CT molecular complexity index is 881. The SMILES string of the molecule is COC(=O)c1cccc2[nH]c(C=Cc3cccc(OC)c3)nc12. The zero-order valence-electron chi connectivity index (χ0n) is 12.9. The number of para-hydroxylation sites is 1. The maximum Gasteiger partial charge on any atom is 0.340 e. The number of aromatic amines is 1. The number of benzene rings is 2. The highest BCUT2D eigenvalue weighted by atomic mass is 16.5. The van der Waals surface area contributed by atoms with Crippen molar-refractivity contribution in [1.82, 2.24) is 9.97 Å². The molecule has 0 atom stereocenters. The molecule has 0 aliphatic rings. The Balaban J connectivity index is 1.94. The van der Waals surface area contributed by atoms with E-state index in [0.717, 1.165) is 16.8 Å². The van der Waals surface area contributed by atoms with Crippen molar-refractivity contribution >= 4 is 29.2 Å². The van der Waals surface area contributed by atoms with Crippen LogP contribution in [0.25, 0.3) is 23.2 Å². The van der Waals surface area contributed by atoms with Crippen LogP contribution in [0.2, 0.25) is 0 Å². The molecule has 0 radical (unpaired) electrons. The van der Waals surface area contributed by atoms with Crippen LogP contribution in [0.4, 0.5) is 0 Å². The number of carbonyl (C=O) groups is 1. The van der Waals surface area contributed by atoms with Crippen LogP contribution in [-0.2, 0) is 4.74 Å². The first-order valence-electron chi connectivity index (χ1n) is 7.10. The molecule has 1 aromatic heterocycles. The number of hydrogen-bond acceptors (Lipinski definition) is 4. The average Bonchev–Trinajstić information content (AvgIpc) is 3.02. The van der Waals surface area contributed by atoms with Crippen molar-refractivity contribution in [3.8, 4) is 5.75 Å². The van der Waals surface area contributed by atoms with Crippen LogP contribution in [0.5, 0.6) is 5.75 Å². The summed E-state index contributed by atoms with van der Waals surface area (Å²) in [6, 6.07) is 13.1. The van der Waals surface area contributed by atoms with Crippen LogP contribution in [0.3, 0.4) is 0 Å². The minimum atomic E-state index is -0.398. The molecule has 0 bridgehead atoms. The summed E-state index contributed by atoms with van der Waals surface area (Å²) < 4.78 is 9.98. The van der Waals surface area contributed by atoms with Gasteiger partial charge in [0.25, 0.3) is 0 Å². The predicted octanol–water partition coefficient (Wildman–Crippen LogP) is 3.53. The molecule has 0 amide bonds. The quantitative estimate of drug-likeness (QED) is 0.749. The summed E-state index contributed by atoms with van der Waals surface area (Å²) in [5.74, 6) is 1.06.